The first-order chi connectivity index (χ1) is 17.6. The number of nitrogens with zero attached hydrogens (tertiary/aromatic N) is 2. The van der Waals surface area contributed by atoms with Crippen molar-refractivity contribution < 1.29 is 14.2 Å². The van der Waals surface area contributed by atoms with Gasteiger partial charge in [0, 0.05) is 0 Å². The monoisotopic (exact) mass is 518 g/mol. The quantitative estimate of drug-likeness (QED) is 0.195. The van der Waals surface area contributed by atoms with Crippen LogP contribution in [0.3, 0.4) is 0 Å². The summed E-state index contributed by atoms with van der Waals surface area (Å²) in [6, 6.07) is 19.0. The molecule has 0 saturated heterocycles. The van der Waals surface area contributed by atoms with E-state index in [1.807, 2.05) is 54.6 Å². The van der Waals surface area contributed by atoms with E-state index >= 15 is 0 Å². The number of methoxy groups -OCH3 is 1. The second kappa shape index (κ2) is 10.4. The maximum absolute atomic E-state index is 13.1. The molecule has 5 aromatic rings. The van der Waals surface area contributed by atoms with Crippen LogP contribution in [0.5, 0.6) is 17.2 Å². The number of halogens is 1. The van der Waals surface area contributed by atoms with Crippen LogP contribution in [0.4, 0.5) is 0 Å². The molecule has 36 heavy (non-hydrogen) atoms. The molecular weight excluding hydrogens is 496 g/mol. The number of hydrogen-bond donors (Lipinski definition) is 0. The Kier molecular flexibility index (Phi) is 6.93. The van der Waals surface area contributed by atoms with Crippen LogP contribution < -0.4 is 24.3 Å². The first-order valence-electron chi connectivity index (χ1n) is 11.3. The third-order valence-electron chi connectivity index (χ3n) is 5.62. The number of thiazole rings is 1. The molecule has 182 valence electrons. The molecule has 0 bridgehead atoms. The van der Waals surface area contributed by atoms with Crippen molar-refractivity contribution in [3.63, 3.8) is 0 Å². The summed E-state index contributed by atoms with van der Waals surface area (Å²) in [6.07, 6.45) is 4.36. The van der Waals surface area contributed by atoms with Crippen molar-refractivity contribution in [1.29, 1.82) is 0 Å². The molecule has 5 rings (SSSR count). The minimum atomic E-state index is -0.118. The van der Waals surface area contributed by atoms with Crippen LogP contribution in [0.1, 0.15) is 11.1 Å². The van der Waals surface area contributed by atoms with E-state index in [9.17, 15) is 4.79 Å². The van der Waals surface area contributed by atoms with E-state index in [-0.39, 0.29) is 12.2 Å². The minimum Gasteiger partial charge on any atom is -0.493 e. The molecule has 0 aliphatic heterocycles. The SMILES string of the molecule is C=CCc1ccccc1OCCOc1c(Cl)cc(/C=c2/sc3nc4ccccc4n3c2=O)cc1OC. The number of para-hydroxylation sites is 3. The number of rotatable bonds is 9. The molecule has 8 heteroatoms. The van der Waals surface area contributed by atoms with Crippen LogP contribution in [0, 0.1) is 0 Å². The second-order valence-electron chi connectivity index (χ2n) is 7.97. The highest BCUT2D eigenvalue weighted by atomic mass is 35.5. The zero-order valence-electron chi connectivity index (χ0n) is 19.6. The van der Waals surface area contributed by atoms with Gasteiger partial charge in [-0.05, 0) is 54.0 Å². The first-order valence-corrected chi connectivity index (χ1v) is 12.5. The summed E-state index contributed by atoms with van der Waals surface area (Å²) < 4.78 is 19.5. The van der Waals surface area contributed by atoms with Gasteiger partial charge >= 0.3 is 0 Å². The lowest BCUT2D eigenvalue weighted by atomic mass is 10.1. The maximum atomic E-state index is 13.1. The Morgan fingerprint density at radius 2 is 1.83 bits per heavy atom. The average Bonchev–Trinajstić information content (AvgIpc) is 3.39. The van der Waals surface area contributed by atoms with Gasteiger partial charge in [-0.2, -0.15) is 0 Å². The highest BCUT2D eigenvalue weighted by Gasteiger charge is 2.14. The lowest BCUT2D eigenvalue weighted by molar-refractivity contribution is 0.210. The van der Waals surface area contributed by atoms with Crippen molar-refractivity contribution in [2.75, 3.05) is 20.3 Å². The average molecular weight is 519 g/mol. The lowest BCUT2D eigenvalue weighted by Crippen LogP contribution is -2.22. The summed E-state index contributed by atoms with van der Waals surface area (Å²) in [5.41, 5.74) is 3.27. The Labute approximate surface area is 216 Å². The molecule has 0 fully saturated rings. The summed E-state index contributed by atoms with van der Waals surface area (Å²) >= 11 is 7.88. The van der Waals surface area contributed by atoms with Gasteiger partial charge in [-0.25, -0.2) is 9.38 Å². The number of imidazole rings is 1. The highest BCUT2D eigenvalue weighted by Crippen LogP contribution is 2.36. The van der Waals surface area contributed by atoms with Gasteiger partial charge < -0.3 is 14.2 Å². The number of aromatic nitrogens is 2. The molecule has 0 aliphatic rings. The van der Waals surface area contributed by atoms with Crippen molar-refractivity contribution in [2.45, 2.75) is 6.42 Å². The molecule has 0 saturated carbocycles. The predicted octanol–water partition coefficient (Wildman–Crippen LogP) is 5.31. The molecule has 2 heterocycles. The van der Waals surface area contributed by atoms with Crippen LogP contribution in [-0.2, 0) is 6.42 Å². The Hall–Kier alpha value is -3.81. The number of hydrogen-bond acceptors (Lipinski definition) is 6. The van der Waals surface area contributed by atoms with Crippen molar-refractivity contribution in [2.24, 2.45) is 0 Å². The van der Waals surface area contributed by atoms with Gasteiger partial charge in [-0.3, -0.25) is 4.79 Å². The van der Waals surface area contributed by atoms with E-state index in [4.69, 9.17) is 25.8 Å². The van der Waals surface area contributed by atoms with Crippen LogP contribution >= 0.6 is 22.9 Å². The molecule has 2 aromatic heterocycles. The van der Waals surface area contributed by atoms with E-state index in [1.165, 1.54) is 11.3 Å². The molecule has 0 radical (unpaired) electrons. The van der Waals surface area contributed by atoms with Crippen molar-refractivity contribution in [1.82, 2.24) is 9.38 Å². The molecule has 6 nitrogen and oxygen atoms in total. The molecule has 0 spiro atoms. The summed E-state index contributed by atoms with van der Waals surface area (Å²) in [5, 5.41) is 0.381. The van der Waals surface area contributed by atoms with Crippen molar-refractivity contribution >= 4 is 45.0 Å². The fourth-order valence-electron chi connectivity index (χ4n) is 3.99. The largest absolute Gasteiger partial charge is 0.493 e. The smallest absolute Gasteiger partial charge is 0.274 e. The van der Waals surface area contributed by atoms with Gasteiger partial charge in [0.2, 0.25) is 0 Å². The fourth-order valence-corrected chi connectivity index (χ4v) is 5.25. The summed E-state index contributed by atoms with van der Waals surface area (Å²) in [7, 11) is 1.55. The molecule has 3 aromatic carbocycles. The summed E-state index contributed by atoms with van der Waals surface area (Å²) in [6.45, 7) is 4.40. The van der Waals surface area contributed by atoms with Gasteiger partial charge in [-0.15, -0.1) is 6.58 Å². The van der Waals surface area contributed by atoms with E-state index in [0.29, 0.717) is 32.6 Å². The van der Waals surface area contributed by atoms with E-state index in [2.05, 4.69) is 11.6 Å². The van der Waals surface area contributed by atoms with E-state index in [0.717, 1.165) is 34.3 Å². The van der Waals surface area contributed by atoms with Crippen LogP contribution in [0.2, 0.25) is 5.02 Å². The standard InChI is InChI=1S/C28H23ClN2O4S/c1-3-8-19-9-4-7-12-23(19)34-13-14-35-26-20(29)15-18(16-24(26)33-2)17-25-27(32)31-22-11-6-5-10-21(22)30-28(31)36-25/h3-7,9-12,15-17H,1,8,13-14H2,2H3/b25-17+. The van der Waals surface area contributed by atoms with Gasteiger partial charge in [-0.1, -0.05) is 59.3 Å². The predicted molar refractivity (Wildman–Crippen MR) is 145 cm³/mol. The molecule has 0 amide bonds. The topological polar surface area (TPSA) is 62.1 Å². The second-order valence-corrected chi connectivity index (χ2v) is 9.38. The van der Waals surface area contributed by atoms with E-state index < -0.39 is 0 Å². The maximum Gasteiger partial charge on any atom is 0.274 e. The number of ether oxygens (including phenoxy) is 3. The fraction of sp³-hybridized carbons (Fsp3) is 0.143. The van der Waals surface area contributed by atoms with Gasteiger partial charge in [0.05, 0.1) is 27.7 Å². The zero-order valence-corrected chi connectivity index (χ0v) is 21.1. The third-order valence-corrected chi connectivity index (χ3v) is 6.87. The molecule has 0 N–H and O–H groups in total. The van der Waals surface area contributed by atoms with Crippen LogP contribution in [0.15, 0.2) is 78.1 Å². The zero-order chi connectivity index (χ0) is 25.1. The van der Waals surface area contributed by atoms with Gasteiger partial charge in [0.1, 0.15) is 19.0 Å². The van der Waals surface area contributed by atoms with Crippen LogP contribution in [-0.4, -0.2) is 29.7 Å². The first kappa shape index (κ1) is 23.9. The van der Waals surface area contributed by atoms with Crippen molar-refractivity contribution in [3.05, 3.63) is 104 Å². The van der Waals surface area contributed by atoms with Gasteiger partial charge in [0.15, 0.2) is 16.5 Å². The number of allylic oxidation sites excluding steroid dienone is 1. The Balaban J connectivity index is 1.36. The van der Waals surface area contributed by atoms with Crippen molar-refractivity contribution in [3.8, 4) is 17.2 Å². The Morgan fingerprint density at radius 3 is 2.67 bits per heavy atom. The molecule has 0 atom stereocenters. The number of fused-ring (bicyclic) bond motifs is 3. The third kappa shape index (κ3) is 4.67. The summed E-state index contributed by atoms with van der Waals surface area (Å²) in [4.78, 5) is 18.3. The van der Waals surface area contributed by atoms with Gasteiger partial charge in [0.25, 0.3) is 5.56 Å². The minimum absolute atomic E-state index is 0.118. The number of benzene rings is 3. The normalized spacial score (nSPS) is 11.8. The Morgan fingerprint density at radius 1 is 1.06 bits per heavy atom. The molecular formula is C28H23ClN2O4S. The highest BCUT2D eigenvalue weighted by molar-refractivity contribution is 7.15. The molecule has 0 aliphatic carbocycles. The summed E-state index contributed by atoms with van der Waals surface area (Å²) in [5.74, 6) is 1.70. The lowest BCUT2D eigenvalue weighted by Gasteiger charge is -2.14. The van der Waals surface area contributed by atoms with E-state index in [1.54, 1.807) is 29.7 Å². The molecule has 0 unspecified atom stereocenters. The van der Waals surface area contributed by atoms with Crippen LogP contribution in [0.25, 0.3) is 22.1 Å². The Bertz CT molecular complexity index is 1670.